The SMILES string of the molecule is Cc1c(Cl)[nH]c(=O)n(-c2ccc([N+](=O)[O-])cc2)c1=O. The van der Waals surface area contributed by atoms with Crippen LogP contribution in [0, 0.1) is 17.0 Å². The van der Waals surface area contributed by atoms with E-state index in [9.17, 15) is 19.7 Å². The first-order valence-electron chi connectivity index (χ1n) is 5.18. The lowest BCUT2D eigenvalue weighted by Crippen LogP contribution is -2.35. The standard InChI is InChI=1S/C11H8ClN3O4/c1-6-9(12)13-11(17)14(10(6)16)7-2-4-8(5-3-7)15(18)19/h2-5H,1H3,(H,13,17). The summed E-state index contributed by atoms with van der Waals surface area (Å²) < 4.78 is 0.866. The maximum atomic E-state index is 12.0. The lowest BCUT2D eigenvalue weighted by atomic mass is 10.2. The van der Waals surface area contributed by atoms with E-state index in [0.29, 0.717) is 0 Å². The first kappa shape index (κ1) is 13.0. The molecule has 0 bridgehead atoms. The van der Waals surface area contributed by atoms with Crippen molar-refractivity contribution in [3.05, 3.63) is 65.9 Å². The normalized spacial score (nSPS) is 10.4. The van der Waals surface area contributed by atoms with E-state index in [1.165, 1.54) is 31.2 Å². The fraction of sp³-hybridized carbons (Fsp3) is 0.0909. The van der Waals surface area contributed by atoms with E-state index >= 15 is 0 Å². The summed E-state index contributed by atoms with van der Waals surface area (Å²) in [5.74, 6) is 0. The molecule has 0 radical (unpaired) electrons. The topological polar surface area (TPSA) is 98.0 Å². The highest BCUT2D eigenvalue weighted by atomic mass is 35.5. The molecule has 1 N–H and O–H groups in total. The van der Waals surface area contributed by atoms with Gasteiger partial charge in [-0.05, 0) is 19.1 Å². The summed E-state index contributed by atoms with van der Waals surface area (Å²) >= 11 is 5.69. The molecule has 0 saturated heterocycles. The van der Waals surface area contributed by atoms with Gasteiger partial charge >= 0.3 is 5.69 Å². The Bertz CT molecular complexity index is 761. The monoisotopic (exact) mass is 281 g/mol. The van der Waals surface area contributed by atoms with Crippen molar-refractivity contribution in [1.29, 1.82) is 0 Å². The van der Waals surface area contributed by atoms with Crippen LogP contribution in [0.25, 0.3) is 5.69 Å². The summed E-state index contributed by atoms with van der Waals surface area (Å²) in [6.07, 6.45) is 0. The Morgan fingerprint density at radius 2 is 1.84 bits per heavy atom. The Morgan fingerprint density at radius 3 is 2.37 bits per heavy atom. The van der Waals surface area contributed by atoms with Crippen molar-refractivity contribution in [3.8, 4) is 5.69 Å². The maximum Gasteiger partial charge on any atom is 0.334 e. The van der Waals surface area contributed by atoms with Crippen LogP contribution in [0.1, 0.15) is 5.56 Å². The molecule has 0 amide bonds. The molecule has 0 unspecified atom stereocenters. The minimum absolute atomic E-state index is 0.0202. The minimum atomic E-state index is -0.700. The summed E-state index contributed by atoms with van der Waals surface area (Å²) in [4.78, 5) is 36.0. The van der Waals surface area contributed by atoms with E-state index in [1.807, 2.05) is 0 Å². The first-order valence-corrected chi connectivity index (χ1v) is 5.56. The zero-order chi connectivity index (χ0) is 14.2. The van der Waals surface area contributed by atoms with E-state index in [4.69, 9.17) is 11.6 Å². The number of H-pyrrole nitrogens is 1. The molecule has 0 spiro atoms. The van der Waals surface area contributed by atoms with Gasteiger partial charge in [-0.3, -0.25) is 19.9 Å². The summed E-state index contributed by atoms with van der Waals surface area (Å²) in [7, 11) is 0. The molecule has 8 heteroatoms. The van der Waals surface area contributed by atoms with Crippen molar-refractivity contribution < 1.29 is 4.92 Å². The van der Waals surface area contributed by atoms with Gasteiger partial charge in [-0.25, -0.2) is 9.36 Å². The molecule has 7 nitrogen and oxygen atoms in total. The summed E-state index contributed by atoms with van der Waals surface area (Å²) in [6.45, 7) is 1.47. The van der Waals surface area contributed by atoms with Crippen molar-refractivity contribution in [2.45, 2.75) is 6.92 Å². The second kappa shape index (κ2) is 4.69. The van der Waals surface area contributed by atoms with Crippen LogP contribution < -0.4 is 11.2 Å². The zero-order valence-electron chi connectivity index (χ0n) is 9.71. The van der Waals surface area contributed by atoms with Crippen molar-refractivity contribution in [1.82, 2.24) is 9.55 Å². The molecule has 2 aromatic rings. The van der Waals surface area contributed by atoms with Gasteiger partial charge in [-0.15, -0.1) is 0 Å². The van der Waals surface area contributed by atoms with Crippen molar-refractivity contribution in [2.75, 3.05) is 0 Å². The number of rotatable bonds is 2. The molecular formula is C11H8ClN3O4. The molecule has 1 heterocycles. The third-order valence-electron chi connectivity index (χ3n) is 2.59. The molecule has 0 aliphatic rings. The Morgan fingerprint density at radius 1 is 1.26 bits per heavy atom. The van der Waals surface area contributed by atoms with Gasteiger partial charge in [0.05, 0.1) is 16.2 Å². The van der Waals surface area contributed by atoms with Crippen LogP contribution in [0.5, 0.6) is 0 Å². The number of hydrogen-bond acceptors (Lipinski definition) is 4. The van der Waals surface area contributed by atoms with Gasteiger partial charge in [0.15, 0.2) is 0 Å². The summed E-state index contributed by atoms with van der Waals surface area (Å²) in [5, 5.41) is 10.5. The second-order valence-electron chi connectivity index (χ2n) is 3.78. The highest BCUT2D eigenvalue weighted by molar-refractivity contribution is 6.30. The number of non-ortho nitro benzene ring substituents is 1. The predicted octanol–water partition coefficient (Wildman–Crippen LogP) is 1.40. The number of nitrogens with one attached hydrogen (secondary N) is 1. The Labute approximate surface area is 111 Å². The number of nitrogens with zero attached hydrogens (tertiary/aromatic N) is 2. The van der Waals surface area contributed by atoms with Gasteiger partial charge in [0.2, 0.25) is 0 Å². The highest BCUT2D eigenvalue weighted by Crippen LogP contribution is 2.13. The number of hydrogen-bond donors (Lipinski definition) is 1. The van der Waals surface area contributed by atoms with Crippen molar-refractivity contribution in [3.63, 3.8) is 0 Å². The van der Waals surface area contributed by atoms with Gasteiger partial charge in [0.25, 0.3) is 11.2 Å². The Balaban J connectivity index is 2.66. The lowest BCUT2D eigenvalue weighted by molar-refractivity contribution is -0.384. The van der Waals surface area contributed by atoms with Crippen LogP contribution in [0.15, 0.2) is 33.9 Å². The second-order valence-corrected chi connectivity index (χ2v) is 4.16. The molecule has 1 aromatic carbocycles. The number of benzene rings is 1. The molecule has 0 saturated carbocycles. The van der Waals surface area contributed by atoms with Gasteiger partial charge < -0.3 is 0 Å². The van der Waals surface area contributed by atoms with Crippen molar-refractivity contribution >= 4 is 17.3 Å². The molecule has 0 fully saturated rings. The molecule has 0 aliphatic carbocycles. The fourth-order valence-electron chi connectivity index (χ4n) is 1.56. The molecular weight excluding hydrogens is 274 g/mol. The third-order valence-corrected chi connectivity index (χ3v) is 2.97. The van der Waals surface area contributed by atoms with Crippen LogP contribution >= 0.6 is 11.6 Å². The van der Waals surface area contributed by atoms with E-state index in [1.54, 1.807) is 0 Å². The average Bonchev–Trinajstić information content (AvgIpc) is 2.37. The zero-order valence-corrected chi connectivity index (χ0v) is 10.5. The third kappa shape index (κ3) is 2.27. The lowest BCUT2D eigenvalue weighted by Gasteiger charge is -2.06. The number of aromatic nitrogens is 2. The van der Waals surface area contributed by atoms with E-state index in [-0.39, 0.29) is 22.1 Å². The van der Waals surface area contributed by atoms with Crippen LogP contribution in [-0.4, -0.2) is 14.5 Å². The van der Waals surface area contributed by atoms with E-state index < -0.39 is 16.2 Å². The number of halogens is 1. The predicted molar refractivity (Wildman–Crippen MR) is 69.1 cm³/mol. The van der Waals surface area contributed by atoms with Crippen LogP contribution in [-0.2, 0) is 0 Å². The van der Waals surface area contributed by atoms with Gasteiger partial charge in [0, 0.05) is 12.1 Å². The number of aromatic amines is 1. The van der Waals surface area contributed by atoms with E-state index in [0.717, 1.165) is 4.57 Å². The largest absolute Gasteiger partial charge is 0.334 e. The molecule has 98 valence electrons. The fourth-order valence-corrected chi connectivity index (χ4v) is 1.72. The van der Waals surface area contributed by atoms with Gasteiger partial charge in [-0.1, -0.05) is 11.6 Å². The molecule has 19 heavy (non-hydrogen) atoms. The van der Waals surface area contributed by atoms with Gasteiger partial charge in [-0.2, -0.15) is 0 Å². The summed E-state index contributed by atoms with van der Waals surface area (Å²) in [5.41, 5.74) is -0.966. The molecule has 2 rings (SSSR count). The summed E-state index contributed by atoms with van der Waals surface area (Å²) in [6, 6.07) is 5.07. The van der Waals surface area contributed by atoms with E-state index in [2.05, 4.69) is 4.98 Å². The quantitative estimate of drug-likeness (QED) is 0.511. The van der Waals surface area contributed by atoms with Gasteiger partial charge in [0.1, 0.15) is 5.15 Å². The minimum Gasteiger partial charge on any atom is -0.297 e. The number of nitro groups is 1. The Kier molecular flexibility index (Phi) is 3.22. The highest BCUT2D eigenvalue weighted by Gasteiger charge is 2.12. The molecule has 0 atom stereocenters. The van der Waals surface area contributed by atoms with Crippen LogP contribution in [0.2, 0.25) is 5.15 Å². The van der Waals surface area contributed by atoms with Crippen LogP contribution in [0.3, 0.4) is 0 Å². The first-order chi connectivity index (χ1) is 8.91. The Hall–Kier alpha value is -2.41. The smallest absolute Gasteiger partial charge is 0.297 e. The van der Waals surface area contributed by atoms with Crippen molar-refractivity contribution in [2.24, 2.45) is 0 Å². The average molecular weight is 282 g/mol. The van der Waals surface area contributed by atoms with Crippen LogP contribution in [0.4, 0.5) is 5.69 Å². The maximum absolute atomic E-state index is 12.0. The molecule has 0 aliphatic heterocycles. The molecule has 1 aromatic heterocycles. The number of nitro benzene ring substituents is 1.